The monoisotopic (exact) mass is 241 g/mol. The Morgan fingerprint density at radius 3 is 2.94 bits per heavy atom. The molecule has 0 bridgehead atoms. The molecule has 4 nitrogen and oxygen atoms in total. The van der Waals surface area contributed by atoms with E-state index in [4.69, 9.17) is 4.74 Å². The average molecular weight is 241 g/mol. The van der Waals surface area contributed by atoms with E-state index in [-0.39, 0.29) is 18.3 Å². The lowest BCUT2D eigenvalue weighted by Gasteiger charge is -2.46. The van der Waals surface area contributed by atoms with Crippen molar-refractivity contribution in [3.8, 4) is 0 Å². The van der Waals surface area contributed by atoms with E-state index in [1.165, 1.54) is 0 Å². The van der Waals surface area contributed by atoms with Crippen LogP contribution in [0.5, 0.6) is 0 Å². The van der Waals surface area contributed by atoms with Gasteiger partial charge in [-0.15, -0.1) is 0 Å². The van der Waals surface area contributed by atoms with Crippen LogP contribution in [-0.2, 0) is 9.53 Å². The number of ketones is 1. The van der Waals surface area contributed by atoms with Crippen molar-refractivity contribution in [3.63, 3.8) is 0 Å². The molecule has 0 aromatic carbocycles. The predicted molar refractivity (Wildman–Crippen MR) is 64.9 cm³/mol. The first-order valence-electron chi connectivity index (χ1n) is 6.54. The molecule has 98 valence electrons. The van der Waals surface area contributed by atoms with Crippen LogP contribution in [0.3, 0.4) is 0 Å². The van der Waals surface area contributed by atoms with Crippen LogP contribution in [0.4, 0.5) is 0 Å². The summed E-state index contributed by atoms with van der Waals surface area (Å²) in [5, 5.41) is 9.27. The summed E-state index contributed by atoms with van der Waals surface area (Å²) >= 11 is 0. The highest BCUT2D eigenvalue weighted by molar-refractivity contribution is 5.79. The lowest BCUT2D eigenvalue weighted by molar-refractivity contribution is -0.160. The third-order valence-electron chi connectivity index (χ3n) is 3.68. The van der Waals surface area contributed by atoms with Crippen LogP contribution in [0, 0.1) is 0 Å². The summed E-state index contributed by atoms with van der Waals surface area (Å²) < 4.78 is 5.79. The van der Waals surface area contributed by atoms with Gasteiger partial charge in [-0.25, -0.2) is 0 Å². The fourth-order valence-electron chi connectivity index (χ4n) is 3.03. The summed E-state index contributed by atoms with van der Waals surface area (Å²) in [6.45, 7) is 5.75. The Labute approximate surface area is 103 Å². The summed E-state index contributed by atoms with van der Waals surface area (Å²) in [7, 11) is 0. The topological polar surface area (TPSA) is 49.8 Å². The second kappa shape index (κ2) is 5.04. The molecule has 1 aliphatic carbocycles. The van der Waals surface area contributed by atoms with Gasteiger partial charge in [-0.05, 0) is 26.7 Å². The summed E-state index contributed by atoms with van der Waals surface area (Å²) in [5.74, 6) is 0.381. The molecule has 2 atom stereocenters. The number of nitrogens with zero attached hydrogens (tertiary/aromatic N) is 1. The molecule has 1 saturated heterocycles. The Bertz CT molecular complexity index is 290. The Morgan fingerprint density at radius 1 is 1.53 bits per heavy atom. The van der Waals surface area contributed by atoms with E-state index in [2.05, 4.69) is 4.90 Å². The maximum absolute atomic E-state index is 11.5. The number of rotatable bonds is 2. The fraction of sp³-hybridized carbons (Fsp3) is 0.923. The molecule has 0 aromatic rings. The molecule has 1 saturated carbocycles. The highest BCUT2D eigenvalue weighted by atomic mass is 16.5. The molecule has 2 unspecified atom stereocenters. The molecule has 1 N–H and O–H groups in total. The summed E-state index contributed by atoms with van der Waals surface area (Å²) in [6.07, 6.45) is 3.41. The van der Waals surface area contributed by atoms with Crippen molar-refractivity contribution in [3.05, 3.63) is 0 Å². The lowest BCUT2D eigenvalue weighted by atomic mass is 9.91. The number of morpholine rings is 1. The number of aliphatic hydroxyl groups excluding tert-OH is 1. The van der Waals surface area contributed by atoms with Gasteiger partial charge in [-0.1, -0.05) is 0 Å². The molecule has 0 aromatic heterocycles. The van der Waals surface area contributed by atoms with Crippen molar-refractivity contribution in [2.24, 2.45) is 0 Å². The molecular weight excluding hydrogens is 218 g/mol. The molecule has 1 aliphatic heterocycles. The smallest absolute Gasteiger partial charge is 0.134 e. The van der Waals surface area contributed by atoms with Crippen LogP contribution in [0.15, 0.2) is 0 Å². The van der Waals surface area contributed by atoms with Gasteiger partial charge in [0.15, 0.2) is 0 Å². The van der Waals surface area contributed by atoms with E-state index in [0.29, 0.717) is 18.2 Å². The zero-order valence-corrected chi connectivity index (χ0v) is 10.8. The highest BCUT2D eigenvalue weighted by Crippen LogP contribution is 2.27. The Kier molecular flexibility index (Phi) is 3.85. The van der Waals surface area contributed by atoms with Gasteiger partial charge in [0.1, 0.15) is 5.78 Å². The minimum Gasteiger partial charge on any atom is -0.394 e. The summed E-state index contributed by atoms with van der Waals surface area (Å²) in [6, 6.07) is 0.355. The Hall–Kier alpha value is -0.450. The van der Waals surface area contributed by atoms with Crippen LogP contribution < -0.4 is 0 Å². The third kappa shape index (κ3) is 3.27. The minimum absolute atomic E-state index is 0.0561. The van der Waals surface area contributed by atoms with E-state index in [1.54, 1.807) is 0 Å². The zero-order valence-electron chi connectivity index (χ0n) is 10.8. The van der Waals surface area contributed by atoms with Gasteiger partial charge in [-0.3, -0.25) is 9.69 Å². The van der Waals surface area contributed by atoms with E-state index >= 15 is 0 Å². The number of aliphatic hydroxyl groups is 1. The van der Waals surface area contributed by atoms with Crippen LogP contribution in [-0.4, -0.2) is 53.2 Å². The first-order valence-corrected chi connectivity index (χ1v) is 6.54. The number of hydrogen-bond donors (Lipinski definition) is 1. The standard InChI is InChI=1S/C13H23NO3/c1-13(2)9-14(7-12(8-15)17-13)10-4-3-5-11(16)6-10/h10,12,15H,3-9H2,1-2H3. The third-order valence-corrected chi connectivity index (χ3v) is 3.68. The largest absolute Gasteiger partial charge is 0.394 e. The molecule has 2 rings (SSSR count). The summed E-state index contributed by atoms with van der Waals surface area (Å²) in [4.78, 5) is 13.9. The van der Waals surface area contributed by atoms with Crippen LogP contribution in [0.1, 0.15) is 39.5 Å². The van der Waals surface area contributed by atoms with Crippen molar-refractivity contribution >= 4 is 5.78 Å². The van der Waals surface area contributed by atoms with Gasteiger partial charge >= 0.3 is 0 Å². The van der Waals surface area contributed by atoms with E-state index in [1.807, 2.05) is 13.8 Å². The van der Waals surface area contributed by atoms with Crippen molar-refractivity contribution < 1.29 is 14.6 Å². The van der Waals surface area contributed by atoms with Gasteiger partial charge < -0.3 is 9.84 Å². The summed E-state index contributed by atoms with van der Waals surface area (Å²) in [5.41, 5.74) is -0.230. The molecule has 4 heteroatoms. The van der Waals surface area contributed by atoms with Gasteiger partial charge in [0, 0.05) is 32.0 Å². The van der Waals surface area contributed by atoms with Crippen molar-refractivity contribution in [2.75, 3.05) is 19.7 Å². The average Bonchev–Trinajstić information content (AvgIpc) is 2.27. The van der Waals surface area contributed by atoms with Gasteiger partial charge in [0.05, 0.1) is 18.3 Å². The van der Waals surface area contributed by atoms with Crippen LogP contribution in [0.2, 0.25) is 0 Å². The minimum atomic E-state index is -0.230. The molecule has 0 radical (unpaired) electrons. The molecule has 17 heavy (non-hydrogen) atoms. The number of carbonyl (C=O) groups excluding carboxylic acids is 1. The van der Waals surface area contributed by atoms with Gasteiger partial charge in [-0.2, -0.15) is 0 Å². The second-order valence-electron chi connectivity index (χ2n) is 5.90. The number of hydrogen-bond acceptors (Lipinski definition) is 4. The maximum Gasteiger partial charge on any atom is 0.134 e. The lowest BCUT2D eigenvalue weighted by Crippen LogP contribution is -2.57. The molecule has 2 fully saturated rings. The van der Waals surface area contributed by atoms with E-state index < -0.39 is 0 Å². The number of ether oxygens (including phenoxy) is 1. The predicted octanol–water partition coefficient (Wildman–Crippen LogP) is 0.970. The zero-order chi connectivity index (χ0) is 12.5. The van der Waals surface area contributed by atoms with Crippen molar-refractivity contribution in [1.82, 2.24) is 4.90 Å². The molecule has 0 amide bonds. The fourth-order valence-corrected chi connectivity index (χ4v) is 3.03. The van der Waals surface area contributed by atoms with Gasteiger partial charge in [0.25, 0.3) is 0 Å². The van der Waals surface area contributed by atoms with Gasteiger partial charge in [0.2, 0.25) is 0 Å². The number of Topliss-reactive ketones (excluding diaryl/α,β-unsaturated/α-hetero) is 1. The highest BCUT2D eigenvalue weighted by Gasteiger charge is 2.37. The van der Waals surface area contributed by atoms with E-state index in [9.17, 15) is 9.90 Å². The molecular formula is C13H23NO3. The quantitative estimate of drug-likeness (QED) is 0.782. The first kappa shape index (κ1) is 13.0. The van der Waals surface area contributed by atoms with Crippen LogP contribution in [0.25, 0.3) is 0 Å². The maximum atomic E-state index is 11.5. The SMILES string of the molecule is CC1(C)CN(C2CCCC(=O)C2)CC(CO)O1. The molecule has 1 heterocycles. The molecule has 0 spiro atoms. The number of carbonyl (C=O) groups is 1. The Balaban J connectivity index is 2.01. The van der Waals surface area contributed by atoms with Crippen molar-refractivity contribution in [1.29, 1.82) is 0 Å². The second-order valence-corrected chi connectivity index (χ2v) is 5.90. The van der Waals surface area contributed by atoms with E-state index in [0.717, 1.165) is 32.4 Å². The van der Waals surface area contributed by atoms with Crippen LogP contribution >= 0.6 is 0 Å². The first-order chi connectivity index (χ1) is 8.00. The van der Waals surface area contributed by atoms with Crippen molar-refractivity contribution in [2.45, 2.75) is 57.3 Å². The normalized spacial score (nSPS) is 34.9. The molecule has 2 aliphatic rings. The Morgan fingerprint density at radius 2 is 2.29 bits per heavy atom.